The zero-order chi connectivity index (χ0) is 26.1. The van der Waals surface area contributed by atoms with Crippen molar-refractivity contribution in [2.75, 3.05) is 6.61 Å². The Balaban J connectivity index is 1.63. The average Bonchev–Trinajstić information content (AvgIpc) is 3.12. The summed E-state index contributed by atoms with van der Waals surface area (Å²) in [5.74, 6) is 0.512. The van der Waals surface area contributed by atoms with Crippen LogP contribution in [0.15, 0.2) is 0 Å². The van der Waals surface area contributed by atoms with Gasteiger partial charge >= 0.3 is 5.97 Å². The number of hydrogen-bond donors (Lipinski definition) is 4. The number of cyclic esters (lactones) is 1. The van der Waals surface area contributed by atoms with E-state index in [0.29, 0.717) is 30.8 Å². The maximum Gasteiger partial charge on any atom is 0.309 e. The van der Waals surface area contributed by atoms with Crippen molar-refractivity contribution in [2.45, 2.75) is 111 Å². The first-order valence-electron chi connectivity index (χ1n) is 14.1. The van der Waals surface area contributed by atoms with Gasteiger partial charge in [-0.2, -0.15) is 0 Å². The standard InChI is InChI=1S/C29H50O6/c1-15(2)16(3)24(32)25(33)17(4)18-8-9-19-21-14-35-26(34)20-12-22(30)23(31)13-29(20,7)28(21,6)11-10-27(18,19)5/h15-25,30-33H,8-14H2,1-7H3/t16-,17+,18-,19+,20-,21-,22+,23-,24-,25+,27-,28+,29+/m1/s1. The van der Waals surface area contributed by atoms with Crippen LogP contribution in [0.25, 0.3) is 0 Å². The van der Waals surface area contributed by atoms with E-state index in [1.807, 2.05) is 6.92 Å². The Bertz CT molecular complexity index is 800. The van der Waals surface area contributed by atoms with E-state index < -0.39 is 35.7 Å². The molecule has 0 bridgehead atoms. The molecule has 4 fully saturated rings. The van der Waals surface area contributed by atoms with Gasteiger partial charge in [-0.25, -0.2) is 0 Å². The van der Waals surface area contributed by atoms with Gasteiger partial charge in [0.1, 0.15) is 0 Å². The van der Waals surface area contributed by atoms with Crippen molar-refractivity contribution >= 4 is 5.97 Å². The predicted molar refractivity (Wildman–Crippen MR) is 134 cm³/mol. The van der Waals surface area contributed by atoms with Crippen LogP contribution in [-0.4, -0.2) is 57.4 Å². The molecule has 6 heteroatoms. The molecule has 4 rings (SSSR count). The molecule has 4 aliphatic rings. The Morgan fingerprint density at radius 3 is 2.17 bits per heavy atom. The van der Waals surface area contributed by atoms with Crippen molar-refractivity contribution in [2.24, 2.45) is 57.7 Å². The molecule has 1 saturated heterocycles. The fraction of sp³-hybridized carbons (Fsp3) is 0.966. The van der Waals surface area contributed by atoms with E-state index >= 15 is 0 Å². The van der Waals surface area contributed by atoms with Gasteiger partial charge in [-0.05, 0) is 84.4 Å². The summed E-state index contributed by atoms with van der Waals surface area (Å²) in [4.78, 5) is 13.1. The highest BCUT2D eigenvalue weighted by Crippen LogP contribution is 2.70. The molecule has 0 aromatic carbocycles. The van der Waals surface area contributed by atoms with Crippen LogP contribution in [0.3, 0.4) is 0 Å². The summed E-state index contributed by atoms with van der Waals surface area (Å²) in [5, 5.41) is 43.2. The zero-order valence-corrected chi connectivity index (χ0v) is 22.9. The fourth-order valence-electron chi connectivity index (χ4n) is 9.24. The average molecular weight is 495 g/mol. The molecule has 13 atom stereocenters. The maximum atomic E-state index is 13.1. The van der Waals surface area contributed by atoms with Crippen LogP contribution in [0.5, 0.6) is 0 Å². The van der Waals surface area contributed by atoms with Crippen molar-refractivity contribution in [3.63, 3.8) is 0 Å². The molecule has 3 saturated carbocycles. The van der Waals surface area contributed by atoms with Crippen molar-refractivity contribution in [3.8, 4) is 0 Å². The van der Waals surface area contributed by atoms with Gasteiger partial charge in [0.05, 0.1) is 36.9 Å². The molecular formula is C29H50O6. The lowest BCUT2D eigenvalue weighted by Gasteiger charge is -2.62. The summed E-state index contributed by atoms with van der Waals surface area (Å²) in [7, 11) is 0. The Kier molecular flexibility index (Phi) is 7.23. The highest BCUT2D eigenvalue weighted by atomic mass is 16.5. The molecule has 0 aromatic rings. The number of fused-ring (bicyclic) bond motifs is 5. The first kappa shape index (κ1) is 27.3. The second-order valence-electron chi connectivity index (χ2n) is 13.9. The highest BCUT2D eigenvalue weighted by molar-refractivity contribution is 5.74. The van der Waals surface area contributed by atoms with Gasteiger partial charge in [0, 0.05) is 5.92 Å². The Hall–Kier alpha value is -0.690. The first-order chi connectivity index (χ1) is 16.2. The normalized spacial score (nSPS) is 49.2. The first-order valence-corrected chi connectivity index (χ1v) is 14.1. The number of ether oxygens (including phenoxy) is 1. The number of esters is 1. The molecule has 3 aliphatic carbocycles. The lowest BCUT2D eigenvalue weighted by Crippen LogP contribution is -2.60. The van der Waals surface area contributed by atoms with Crippen molar-refractivity contribution in [1.82, 2.24) is 0 Å². The SMILES string of the molecule is CC(C)[C@@H](C)[C@@H](O)[C@@H](O)[C@@H](C)[C@H]1CC[C@H]2[C@H]3COC(=O)[C@H]4C[C@H](O)[C@H](O)C[C@]4(C)[C@@]3(C)CC[C@]12C. The quantitative estimate of drug-likeness (QED) is 0.433. The second kappa shape index (κ2) is 9.25. The van der Waals surface area contributed by atoms with E-state index in [1.165, 1.54) is 0 Å². The Labute approximate surface area is 211 Å². The van der Waals surface area contributed by atoms with Crippen LogP contribution in [0, 0.1) is 57.7 Å². The minimum absolute atomic E-state index is 0.000757. The van der Waals surface area contributed by atoms with E-state index in [1.54, 1.807) is 0 Å². The minimum Gasteiger partial charge on any atom is -0.465 e. The molecule has 0 unspecified atom stereocenters. The summed E-state index contributed by atoms with van der Waals surface area (Å²) in [5.41, 5.74) is -0.615. The number of hydrogen-bond acceptors (Lipinski definition) is 6. The third-order valence-corrected chi connectivity index (χ3v) is 12.4. The molecule has 0 radical (unpaired) electrons. The van der Waals surface area contributed by atoms with Crippen LogP contribution < -0.4 is 0 Å². The van der Waals surface area contributed by atoms with Crippen LogP contribution >= 0.6 is 0 Å². The van der Waals surface area contributed by atoms with Crippen LogP contribution in [-0.2, 0) is 9.53 Å². The molecule has 1 aliphatic heterocycles. The lowest BCUT2D eigenvalue weighted by molar-refractivity contribution is -0.178. The molecule has 202 valence electrons. The molecule has 6 nitrogen and oxygen atoms in total. The summed E-state index contributed by atoms with van der Waals surface area (Å²) < 4.78 is 5.93. The van der Waals surface area contributed by atoms with Crippen molar-refractivity contribution in [3.05, 3.63) is 0 Å². The van der Waals surface area contributed by atoms with Gasteiger partial charge in [0.2, 0.25) is 0 Å². The third kappa shape index (κ3) is 4.00. The van der Waals surface area contributed by atoms with Gasteiger partial charge in [-0.1, -0.05) is 48.5 Å². The fourth-order valence-corrected chi connectivity index (χ4v) is 9.24. The smallest absolute Gasteiger partial charge is 0.309 e. The van der Waals surface area contributed by atoms with E-state index in [0.717, 1.165) is 25.7 Å². The number of carbonyl (C=O) groups is 1. The van der Waals surface area contributed by atoms with Gasteiger partial charge in [-0.3, -0.25) is 4.79 Å². The van der Waals surface area contributed by atoms with Gasteiger partial charge < -0.3 is 25.2 Å². The summed E-state index contributed by atoms with van der Waals surface area (Å²) in [6.07, 6.45) is 1.44. The lowest BCUT2D eigenvalue weighted by atomic mass is 9.42. The van der Waals surface area contributed by atoms with Gasteiger partial charge in [-0.15, -0.1) is 0 Å². The Morgan fingerprint density at radius 1 is 0.886 bits per heavy atom. The third-order valence-electron chi connectivity index (χ3n) is 12.4. The van der Waals surface area contributed by atoms with E-state index in [2.05, 4.69) is 41.5 Å². The molecule has 35 heavy (non-hydrogen) atoms. The van der Waals surface area contributed by atoms with Crippen molar-refractivity contribution in [1.29, 1.82) is 0 Å². The predicted octanol–water partition coefficient (Wildman–Crippen LogP) is 3.78. The van der Waals surface area contributed by atoms with Gasteiger partial charge in [0.25, 0.3) is 0 Å². The van der Waals surface area contributed by atoms with Crippen molar-refractivity contribution < 1.29 is 30.0 Å². The van der Waals surface area contributed by atoms with E-state index in [-0.39, 0.29) is 41.0 Å². The number of aliphatic hydroxyl groups excluding tert-OH is 4. The van der Waals surface area contributed by atoms with Crippen LogP contribution in [0.4, 0.5) is 0 Å². The minimum atomic E-state index is -0.882. The number of aliphatic hydroxyl groups is 4. The maximum absolute atomic E-state index is 13.1. The van der Waals surface area contributed by atoms with Crippen LogP contribution in [0.2, 0.25) is 0 Å². The van der Waals surface area contributed by atoms with Crippen LogP contribution in [0.1, 0.15) is 87.0 Å². The molecule has 1 heterocycles. The van der Waals surface area contributed by atoms with E-state index in [9.17, 15) is 25.2 Å². The zero-order valence-electron chi connectivity index (χ0n) is 22.9. The summed E-state index contributed by atoms with van der Waals surface area (Å²) in [6.45, 7) is 15.5. The topological polar surface area (TPSA) is 107 Å². The Morgan fingerprint density at radius 2 is 1.54 bits per heavy atom. The molecule has 0 aromatic heterocycles. The molecule has 0 spiro atoms. The van der Waals surface area contributed by atoms with E-state index in [4.69, 9.17) is 4.74 Å². The largest absolute Gasteiger partial charge is 0.465 e. The molecular weight excluding hydrogens is 444 g/mol. The summed E-state index contributed by atoms with van der Waals surface area (Å²) in [6, 6.07) is 0. The highest BCUT2D eigenvalue weighted by Gasteiger charge is 2.67. The second-order valence-corrected chi connectivity index (χ2v) is 13.9. The molecule has 4 N–H and O–H groups in total. The summed E-state index contributed by atoms with van der Waals surface area (Å²) >= 11 is 0. The van der Waals surface area contributed by atoms with Gasteiger partial charge in [0.15, 0.2) is 0 Å². The monoisotopic (exact) mass is 494 g/mol. The molecule has 0 amide bonds. The number of rotatable bonds is 5. The number of carbonyl (C=O) groups excluding carboxylic acids is 1.